The summed E-state index contributed by atoms with van der Waals surface area (Å²) in [5.41, 5.74) is -1.20. The lowest BCUT2D eigenvalue weighted by Gasteiger charge is -2.17. The maximum atomic E-state index is 11.5. The molecule has 6 heteroatoms. The first-order chi connectivity index (χ1) is 7.92. The smallest absolute Gasteiger partial charge is 0.420 e. The Bertz CT molecular complexity index is 622. The van der Waals surface area contributed by atoms with Gasteiger partial charge in [0.05, 0.1) is 12.1 Å². The molecule has 0 fully saturated rings. The molecule has 6 nitrogen and oxygen atoms in total. The summed E-state index contributed by atoms with van der Waals surface area (Å²) in [5.74, 6) is -2.08. The molecule has 1 heterocycles. The molecule has 1 aromatic carbocycles. The molecule has 1 atom stereocenters. The van der Waals surface area contributed by atoms with Gasteiger partial charge in [-0.25, -0.2) is 9.59 Å². The molecule has 0 radical (unpaired) electrons. The van der Waals surface area contributed by atoms with Crippen LogP contribution in [0.15, 0.2) is 33.5 Å². The van der Waals surface area contributed by atoms with Crippen molar-refractivity contribution < 1.29 is 19.4 Å². The molecule has 1 aromatic heterocycles. The molecule has 0 amide bonds. The fraction of sp³-hybridized carbons (Fsp3) is 0.273. The lowest BCUT2D eigenvalue weighted by atomic mass is 10.1. The fourth-order valence-corrected chi connectivity index (χ4v) is 1.54. The summed E-state index contributed by atoms with van der Waals surface area (Å²) < 4.78 is 6.03. The van der Waals surface area contributed by atoms with Gasteiger partial charge in [0.1, 0.15) is 0 Å². The molecule has 2 N–H and O–H groups in total. The van der Waals surface area contributed by atoms with E-state index in [0.717, 1.165) is 11.5 Å². The van der Waals surface area contributed by atoms with Gasteiger partial charge in [0, 0.05) is 0 Å². The van der Waals surface area contributed by atoms with Crippen molar-refractivity contribution in [2.75, 3.05) is 0 Å². The Kier molecular flexibility index (Phi) is 2.51. The first-order valence-corrected chi connectivity index (χ1v) is 4.96. The lowest BCUT2D eigenvalue weighted by Crippen LogP contribution is -2.41. The van der Waals surface area contributed by atoms with E-state index in [1.54, 1.807) is 24.3 Å². The number of nitrogens with zero attached hydrogens (tertiary/aromatic N) is 1. The highest BCUT2D eigenvalue weighted by molar-refractivity contribution is 5.77. The van der Waals surface area contributed by atoms with Crippen molar-refractivity contribution in [2.45, 2.75) is 19.1 Å². The third-order valence-corrected chi connectivity index (χ3v) is 2.50. The summed E-state index contributed by atoms with van der Waals surface area (Å²) in [5, 5.41) is 18.5. The van der Waals surface area contributed by atoms with E-state index in [2.05, 4.69) is 0 Å². The quantitative estimate of drug-likeness (QED) is 0.807. The summed E-state index contributed by atoms with van der Waals surface area (Å²) in [6.45, 7) is 0.766. The minimum Gasteiger partial charge on any atom is -0.479 e. The average molecular weight is 237 g/mol. The Morgan fingerprint density at radius 1 is 1.47 bits per heavy atom. The number of para-hydroxylation sites is 2. The fourth-order valence-electron chi connectivity index (χ4n) is 1.54. The largest absolute Gasteiger partial charge is 0.479 e. The summed E-state index contributed by atoms with van der Waals surface area (Å²) in [6.07, 6.45) is 0. The maximum absolute atomic E-state index is 11.5. The number of hydrogen-bond acceptors (Lipinski definition) is 4. The Hall–Kier alpha value is -2.08. The molecule has 1 unspecified atom stereocenters. The van der Waals surface area contributed by atoms with Crippen molar-refractivity contribution >= 4 is 17.1 Å². The molecular formula is C11H11NO5. The topological polar surface area (TPSA) is 92.7 Å². The summed E-state index contributed by atoms with van der Waals surface area (Å²) in [7, 11) is 0. The van der Waals surface area contributed by atoms with Gasteiger partial charge in [0.2, 0.25) is 0 Å². The normalized spacial score (nSPS) is 14.7. The number of aromatic nitrogens is 1. The van der Waals surface area contributed by atoms with E-state index in [1.165, 1.54) is 0 Å². The molecule has 0 aliphatic heterocycles. The van der Waals surface area contributed by atoms with Crippen molar-refractivity contribution in [2.24, 2.45) is 0 Å². The number of hydrogen-bond donors (Lipinski definition) is 2. The number of oxazole rings is 1. The minimum absolute atomic E-state index is 0.360. The van der Waals surface area contributed by atoms with Gasteiger partial charge >= 0.3 is 11.7 Å². The Labute approximate surface area is 95.7 Å². The first-order valence-electron chi connectivity index (χ1n) is 4.96. The number of fused-ring (bicyclic) bond motifs is 1. The minimum atomic E-state index is -2.02. The molecule has 0 bridgehead atoms. The van der Waals surface area contributed by atoms with Gasteiger partial charge in [-0.3, -0.25) is 4.57 Å². The van der Waals surface area contributed by atoms with Crippen LogP contribution in [0, 0.1) is 0 Å². The number of aliphatic carboxylic acids is 1. The van der Waals surface area contributed by atoms with E-state index in [9.17, 15) is 14.7 Å². The monoisotopic (exact) mass is 237 g/mol. The third-order valence-electron chi connectivity index (χ3n) is 2.50. The highest BCUT2D eigenvalue weighted by atomic mass is 16.4. The Balaban J connectivity index is 2.53. The highest BCUT2D eigenvalue weighted by Crippen LogP contribution is 2.15. The number of carbonyl (C=O) groups is 1. The van der Waals surface area contributed by atoms with E-state index in [1.807, 2.05) is 0 Å². The lowest BCUT2D eigenvalue weighted by molar-refractivity contribution is -0.157. The van der Waals surface area contributed by atoms with E-state index < -0.39 is 17.3 Å². The second kappa shape index (κ2) is 3.74. The van der Waals surface area contributed by atoms with Gasteiger partial charge in [0.25, 0.3) is 0 Å². The van der Waals surface area contributed by atoms with Crippen molar-refractivity contribution in [3.63, 3.8) is 0 Å². The predicted molar refractivity (Wildman–Crippen MR) is 58.7 cm³/mol. The van der Waals surface area contributed by atoms with Crippen LogP contribution in [-0.4, -0.2) is 26.4 Å². The maximum Gasteiger partial charge on any atom is 0.420 e. The Morgan fingerprint density at radius 2 is 2.12 bits per heavy atom. The van der Waals surface area contributed by atoms with Gasteiger partial charge in [-0.2, -0.15) is 0 Å². The van der Waals surface area contributed by atoms with E-state index in [-0.39, 0.29) is 6.54 Å². The van der Waals surface area contributed by atoms with E-state index in [4.69, 9.17) is 9.52 Å². The molecular weight excluding hydrogens is 226 g/mol. The van der Waals surface area contributed by atoms with Gasteiger partial charge in [-0.1, -0.05) is 12.1 Å². The SMILES string of the molecule is CC(O)(Cn1c(=O)oc2ccccc21)C(=O)O. The van der Waals surface area contributed by atoms with Crippen molar-refractivity contribution in [1.29, 1.82) is 0 Å². The molecule has 2 aromatic rings. The van der Waals surface area contributed by atoms with Crippen LogP contribution in [0.4, 0.5) is 0 Å². The molecule has 17 heavy (non-hydrogen) atoms. The Morgan fingerprint density at radius 3 is 2.76 bits per heavy atom. The van der Waals surface area contributed by atoms with Crippen molar-refractivity contribution in [3.8, 4) is 0 Å². The van der Waals surface area contributed by atoms with E-state index >= 15 is 0 Å². The average Bonchev–Trinajstić information content (AvgIpc) is 2.55. The van der Waals surface area contributed by atoms with Gasteiger partial charge in [-0.05, 0) is 19.1 Å². The van der Waals surface area contributed by atoms with Crippen LogP contribution < -0.4 is 5.76 Å². The molecule has 0 aliphatic carbocycles. The predicted octanol–water partition coefficient (Wildman–Crippen LogP) is 0.430. The van der Waals surface area contributed by atoms with Crippen LogP contribution in [0.25, 0.3) is 11.1 Å². The standard InChI is InChI=1S/C11H11NO5/c1-11(16,9(13)14)6-12-7-4-2-3-5-8(7)17-10(12)15/h2-5,16H,6H2,1H3,(H,13,14). The van der Waals surface area contributed by atoms with Crippen molar-refractivity contribution in [1.82, 2.24) is 4.57 Å². The first kappa shape index (κ1) is 11.4. The summed E-state index contributed by atoms with van der Waals surface area (Å²) >= 11 is 0. The van der Waals surface area contributed by atoms with Crippen LogP contribution >= 0.6 is 0 Å². The summed E-state index contributed by atoms with van der Waals surface area (Å²) in [6, 6.07) is 6.62. The van der Waals surface area contributed by atoms with Crippen LogP contribution in [0.3, 0.4) is 0 Å². The number of aliphatic hydroxyl groups is 1. The van der Waals surface area contributed by atoms with Crippen LogP contribution in [-0.2, 0) is 11.3 Å². The second-order valence-electron chi connectivity index (χ2n) is 4.00. The zero-order valence-electron chi connectivity index (χ0n) is 9.08. The van der Waals surface area contributed by atoms with Gasteiger partial charge in [0.15, 0.2) is 11.2 Å². The van der Waals surface area contributed by atoms with Gasteiger partial charge in [-0.15, -0.1) is 0 Å². The number of rotatable bonds is 3. The van der Waals surface area contributed by atoms with Crippen molar-refractivity contribution in [3.05, 3.63) is 34.8 Å². The van der Waals surface area contributed by atoms with Gasteiger partial charge < -0.3 is 14.6 Å². The third kappa shape index (κ3) is 1.94. The zero-order valence-corrected chi connectivity index (χ0v) is 9.08. The summed E-state index contributed by atoms with van der Waals surface area (Å²) in [4.78, 5) is 22.3. The number of carboxylic acids is 1. The van der Waals surface area contributed by atoms with E-state index in [0.29, 0.717) is 11.1 Å². The number of benzene rings is 1. The molecule has 0 spiro atoms. The van der Waals surface area contributed by atoms with Crippen LogP contribution in [0.2, 0.25) is 0 Å². The zero-order chi connectivity index (χ0) is 12.6. The molecule has 2 rings (SSSR count). The molecule has 0 saturated heterocycles. The van der Waals surface area contributed by atoms with Crippen LogP contribution in [0.1, 0.15) is 6.92 Å². The molecule has 0 saturated carbocycles. The highest BCUT2D eigenvalue weighted by Gasteiger charge is 2.32. The molecule has 90 valence electrons. The number of carboxylic acid groups (broad SMARTS) is 1. The van der Waals surface area contributed by atoms with Crippen LogP contribution in [0.5, 0.6) is 0 Å². The second-order valence-corrected chi connectivity index (χ2v) is 4.00. The molecule has 0 aliphatic rings.